The predicted molar refractivity (Wildman–Crippen MR) is 141 cm³/mol. The van der Waals surface area contributed by atoms with Crippen LogP contribution in [0.1, 0.15) is 53.3 Å². The Morgan fingerprint density at radius 2 is 1.82 bits per heavy atom. The summed E-state index contributed by atoms with van der Waals surface area (Å²) in [6.45, 7) is 1.99. The number of aromatic nitrogens is 3. The number of urea groups is 1. The number of halogens is 1. The molecule has 4 N–H and O–H groups in total. The van der Waals surface area contributed by atoms with Gasteiger partial charge in [-0.3, -0.25) is 15.1 Å². The fraction of sp³-hybridized carbons (Fsp3) is 0.214. The van der Waals surface area contributed by atoms with Crippen LogP contribution in [0.15, 0.2) is 66.9 Å². The molecule has 10 heteroatoms. The molecular weight excluding hydrogens is 487 g/mol. The fourth-order valence-corrected chi connectivity index (χ4v) is 4.54. The molecule has 0 aliphatic heterocycles. The smallest absolute Gasteiger partial charge is 0.324 e. The molecule has 1 aliphatic carbocycles. The highest BCUT2D eigenvalue weighted by Crippen LogP contribution is 2.35. The summed E-state index contributed by atoms with van der Waals surface area (Å²) in [6.07, 6.45) is 5.83. The third kappa shape index (κ3) is 5.64. The molecule has 0 spiro atoms. The molecule has 194 valence electrons. The highest BCUT2D eigenvalue weighted by molar-refractivity contribution is 5.99. The summed E-state index contributed by atoms with van der Waals surface area (Å²) in [7, 11) is 0. The number of nitrogens with one attached hydrogen (secondary N) is 2. The number of benzene rings is 2. The van der Waals surface area contributed by atoms with Gasteiger partial charge in [0.2, 0.25) is 0 Å². The van der Waals surface area contributed by atoms with Crippen LogP contribution in [-0.4, -0.2) is 26.7 Å². The van der Waals surface area contributed by atoms with Gasteiger partial charge in [0.25, 0.3) is 5.91 Å². The zero-order valence-corrected chi connectivity index (χ0v) is 20.8. The summed E-state index contributed by atoms with van der Waals surface area (Å²) in [4.78, 5) is 28.0. The molecule has 0 atom stereocenters. The zero-order chi connectivity index (χ0) is 26.6. The lowest BCUT2D eigenvalue weighted by Gasteiger charge is -2.12. The molecule has 4 aromatic rings. The van der Waals surface area contributed by atoms with Gasteiger partial charge < -0.3 is 15.8 Å². The first-order valence-electron chi connectivity index (χ1n) is 12.3. The first kappa shape index (κ1) is 24.9. The van der Waals surface area contributed by atoms with Gasteiger partial charge in [0.05, 0.1) is 17.1 Å². The van der Waals surface area contributed by atoms with E-state index in [0.29, 0.717) is 11.7 Å². The monoisotopic (exact) mass is 514 g/mol. The lowest BCUT2D eigenvalue weighted by molar-refractivity contribution is 0.0995. The van der Waals surface area contributed by atoms with E-state index in [2.05, 4.69) is 15.6 Å². The first-order valence-corrected chi connectivity index (χ1v) is 12.3. The van der Waals surface area contributed by atoms with Gasteiger partial charge in [0, 0.05) is 30.3 Å². The van der Waals surface area contributed by atoms with Crippen molar-refractivity contribution in [2.75, 3.05) is 10.6 Å². The number of nitrogens with two attached hydrogens (primary N) is 1. The van der Waals surface area contributed by atoms with Crippen molar-refractivity contribution in [3.63, 3.8) is 0 Å². The number of anilines is 2. The molecule has 2 heterocycles. The molecule has 0 radical (unpaired) electrons. The summed E-state index contributed by atoms with van der Waals surface area (Å²) in [5.41, 5.74) is 8.06. The number of hydrogen-bond donors (Lipinski definition) is 3. The Kier molecular flexibility index (Phi) is 7.03. The number of nitrogens with zero attached hydrogens (tertiary/aromatic N) is 3. The minimum Gasteiger partial charge on any atom is -0.457 e. The number of carbonyl (C=O) groups excluding carboxylic acids is 2. The number of pyridine rings is 1. The van der Waals surface area contributed by atoms with Crippen LogP contribution < -0.4 is 21.1 Å². The van der Waals surface area contributed by atoms with E-state index in [9.17, 15) is 14.0 Å². The van der Waals surface area contributed by atoms with Gasteiger partial charge in [-0.2, -0.15) is 5.10 Å². The average Bonchev–Trinajstić information content (AvgIpc) is 3.56. The van der Waals surface area contributed by atoms with Gasteiger partial charge in [-0.05, 0) is 55.7 Å². The largest absolute Gasteiger partial charge is 0.457 e. The van der Waals surface area contributed by atoms with Crippen LogP contribution in [0.2, 0.25) is 0 Å². The maximum Gasteiger partial charge on any atom is 0.324 e. The number of carbonyl (C=O) groups is 2. The first-order chi connectivity index (χ1) is 18.4. The molecule has 9 nitrogen and oxygen atoms in total. The Hall–Kier alpha value is -4.73. The van der Waals surface area contributed by atoms with Crippen molar-refractivity contribution in [3.8, 4) is 17.2 Å². The van der Waals surface area contributed by atoms with Crippen molar-refractivity contribution < 1.29 is 18.7 Å². The summed E-state index contributed by atoms with van der Waals surface area (Å²) in [5.74, 6) is -0.0951. The van der Waals surface area contributed by atoms with Crippen molar-refractivity contribution in [2.24, 2.45) is 5.73 Å². The van der Waals surface area contributed by atoms with Crippen LogP contribution in [0, 0.1) is 12.7 Å². The lowest BCUT2D eigenvalue weighted by Crippen LogP contribution is -2.22. The third-order valence-electron chi connectivity index (χ3n) is 6.40. The van der Waals surface area contributed by atoms with Crippen LogP contribution in [0.4, 0.5) is 20.7 Å². The lowest BCUT2D eigenvalue weighted by atomic mass is 10.0. The van der Waals surface area contributed by atoms with Crippen molar-refractivity contribution in [1.29, 1.82) is 0 Å². The number of hydrogen-bond acceptors (Lipinski definition) is 5. The maximum atomic E-state index is 14.8. The van der Waals surface area contributed by atoms with Crippen molar-refractivity contribution in [3.05, 3.63) is 89.6 Å². The van der Waals surface area contributed by atoms with Crippen molar-refractivity contribution in [2.45, 2.75) is 38.5 Å². The number of amides is 3. The van der Waals surface area contributed by atoms with E-state index in [1.165, 1.54) is 30.5 Å². The fourth-order valence-electron chi connectivity index (χ4n) is 4.54. The summed E-state index contributed by atoms with van der Waals surface area (Å²) < 4.78 is 22.1. The van der Waals surface area contributed by atoms with Gasteiger partial charge in [0.15, 0.2) is 0 Å². The number of primary amides is 1. The van der Waals surface area contributed by atoms with Gasteiger partial charge in [-0.25, -0.2) is 13.9 Å². The van der Waals surface area contributed by atoms with Crippen LogP contribution in [0.3, 0.4) is 0 Å². The Labute approximate surface area is 218 Å². The zero-order valence-electron chi connectivity index (χ0n) is 20.8. The average molecular weight is 515 g/mol. The molecule has 38 heavy (non-hydrogen) atoms. The van der Waals surface area contributed by atoms with E-state index in [0.717, 1.165) is 48.7 Å². The van der Waals surface area contributed by atoms with E-state index in [1.807, 2.05) is 37.3 Å². The highest BCUT2D eigenvalue weighted by Gasteiger charge is 2.23. The molecule has 1 fully saturated rings. The van der Waals surface area contributed by atoms with E-state index in [4.69, 9.17) is 15.6 Å². The van der Waals surface area contributed by atoms with Gasteiger partial charge in [-0.1, -0.05) is 25.0 Å². The molecule has 0 bridgehead atoms. The Bertz CT molecular complexity index is 1500. The van der Waals surface area contributed by atoms with E-state index >= 15 is 0 Å². The van der Waals surface area contributed by atoms with E-state index in [1.54, 1.807) is 4.68 Å². The van der Waals surface area contributed by atoms with Crippen LogP contribution in [0.5, 0.6) is 11.5 Å². The van der Waals surface area contributed by atoms with Crippen molar-refractivity contribution in [1.82, 2.24) is 14.8 Å². The number of aryl methyl sites for hydroxylation is 1. The number of ether oxygens (including phenoxy) is 1. The van der Waals surface area contributed by atoms with Crippen LogP contribution in [-0.2, 0) is 0 Å². The van der Waals surface area contributed by atoms with Crippen LogP contribution in [0.25, 0.3) is 5.69 Å². The second-order valence-electron chi connectivity index (χ2n) is 9.25. The minimum absolute atomic E-state index is 0.0268. The molecule has 1 saturated carbocycles. The van der Waals surface area contributed by atoms with E-state index < -0.39 is 17.8 Å². The Morgan fingerprint density at radius 3 is 2.55 bits per heavy atom. The molecular formula is C28H27FN6O3. The third-order valence-corrected chi connectivity index (χ3v) is 6.40. The molecule has 2 aromatic heterocycles. The normalized spacial score (nSPS) is 13.3. The summed E-state index contributed by atoms with van der Waals surface area (Å²) in [5, 5.41) is 10.2. The minimum atomic E-state index is -0.703. The summed E-state index contributed by atoms with van der Waals surface area (Å²) in [6, 6.07) is 16.0. The SMILES string of the molecule is Cc1cccc(-n2nc(C3CCCC3)cc2NC(=O)Nc2ccc(Oc3ccnc(C(N)=O)c3)cc2F)c1. The standard InChI is InChI=1S/C28H27FN6O3/c1-17-5-4-8-19(13-17)35-26(16-24(34-35)18-6-2-3-7-18)33-28(37)32-23-10-9-20(14-22(23)29)38-21-11-12-31-25(15-21)27(30)36/h4-5,8-16,18H,2-3,6-7H2,1H3,(H2,30,36)(H2,32,33,37). The van der Waals surface area contributed by atoms with E-state index in [-0.39, 0.29) is 22.9 Å². The molecule has 0 saturated heterocycles. The van der Waals surface area contributed by atoms with Gasteiger partial charge in [0.1, 0.15) is 28.8 Å². The molecule has 5 rings (SSSR count). The highest BCUT2D eigenvalue weighted by atomic mass is 19.1. The van der Waals surface area contributed by atoms with Crippen LogP contribution >= 0.6 is 0 Å². The van der Waals surface area contributed by atoms with Gasteiger partial charge >= 0.3 is 6.03 Å². The molecule has 3 amide bonds. The molecule has 2 aromatic carbocycles. The molecule has 0 unspecified atom stereocenters. The predicted octanol–water partition coefficient (Wildman–Crippen LogP) is 5.91. The second kappa shape index (κ2) is 10.7. The van der Waals surface area contributed by atoms with Crippen molar-refractivity contribution >= 4 is 23.4 Å². The second-order valence-corrected chi connectivity index (χ2v) is 9.25. The molecule has 1 aliphatic rings. The topological polar surface area (TPSA) is 124 Å². The Balaban J connectivity index is 1.32. The quantitative estimate of drug-likeness (QED) is 0.283. The summed E-state index contributed by atoms with van der Waals surface area (Å²) >= 11 is 0. The maximum absolute atomic E-state index is 14.8. The van der Waals surface area contributed by atoms with Gasteiger partial charge in [-0.15, -0.1) is 0 Å². The number of rotatable bonds is 7. The Morgan fingerprint density at radius 1 is 1.03 bits per heavy atom.